The highest BCUT2D eigenvalue weighted by Gasteiger charge is 2.47. The van der Waals surface area contributed by atoms with Crippen LogP contribution in [0.4, 0.5) is 4.39 Å². The van der Waals surface area contributed by atoms with Crippen molar-refractivity contribution in [3.63, 3.8) is 0 Å². The van der Waals surface area contributed by atoms with E-state index in [0.29, 0.717) is 5.69 Å². The van der Waals surface area contributed by atoms with Gasteiger partial charge in [0.05, 0.1) is 6.33 Å². The summed E-state index contributed by atoms with van der Waals surface area (Å²) >= 11 is 0. The number of aromatic amines is 1. The molecule has 0 saturated carbocycles. The summed E-state index contributed by atoms with van der Waals surface area (Å²) in [5.41, 5.74) is 1.81. The molecule has 5 nitrogen and oxygen atoms in total. The van der Waals surface area contributed by atoms with Crippen LogP contribution < -0.4 is 0 Å². The summed E-state index contributed by atoms with van der Waals surface area (Å²) in [4.78, 5) is 20.9. The molecule has 2 N–H and O–H groups in total. The van der Waals surface area contributed by atoms with Crippen LogP contribution in [0.2, 0.25) is 0 Å². The number of H-pyrrole nitrogens is 1. The molecular weight excluding hydrogens is 405 g/mol. The van der Waals surface area contributed by atoms with Gasteiger partial charge in [-0.25, -0.2) is 14.3 Å². The van der Waals surface area contributed by atoms with Gasteiger partial charge < -0.3 is 10.1 Å². The van der Waals surface area contributed by atoms with Crippen LogP contribution in [0.3, 0.4) is 0 Å². The van der Waals surface area contributed by atoms with Gasteiger partial charge in [-0.15, -0.1) is 0 Å². The molecule has 32 heavy (non-hydrogen) atoms. The van der Waals surface area contributed by atoms with E-state index in [1.807, 2.05) is 91.0 Å². The molecule has 6 heteroatoms. The predicted octanol–water partition coefficient (Wildman–Crippen LogP) is 4.63. The number of hydrogen-bond donors (Lipinski definition) is 2. The van der Waals surface area contributed by atoms with Crippen molar-refractivity contribution in [3.05, 3.63) is 126 Å². The van der Waals surface area contributed by atoms with E-state index in [4.69, 9.17) is 0 Å². The Kier molecular flexibility index (Phi) is 6.42. The lowest BCUT2D eigenvalue weighted by atomic mass is 9.75. The van der Waals surface area contributed by atoms with Gasteiger partial charge in [0.25, 0.3) is 0 Å². The molecule has 0 saturated heterocycles. The fraction of sp³-hybridized carbons (Fsp3) is 0.154. The van der Waals surface area contributed by atoms with E-state index < -0.39 is 24.3 Å². The lowest BCUT2D eigenvalue weighted by molar-refractivity contribution is -0.146. The van der Waals surface area contributed by atoms with Crippen molar-refractivity contribution < 1.29 is 14.3 Å². The minimum atomic E-state index is -1.17. The first-order chi connectivity index (χ1) is 15.7. The molecule has 0 aliphatic carbocycles. The van der Waals surface area contributed by atoms with Gasteiger partial charge in [-0.2, -0.15) is 0 Å². The van der Waals surface area contributed by atoms with Crippen LogP contribution >= 0.6 is 0 Å². The smallest absolute Gasteiger partial charge is 0.321 e. The number of rotatable bonds is 9. The number of carboxylic acid groups (broad SMARTS) is 1. The summed E-state index contributed by atoms with van der Waals surface area (Å²) in [5.74, 6) is -1.11. The fourth-order valence-corrected chi connectivity index (χ4v) is 4.38. The number of alkyl halides is 1. The number of nitrogens with zero attached hydrogens (tertiary/aromatic N) is 2. The van der Waals surface area contributed by atoms with Crippen LogP contribution in [0.25, 0.3) is 0 Å². The first kappa shape index (κ1) is 21.5. The molecule has 0 aliphatic rings. The zero-order valence-electron chi connectivity index (χ0n) is 17.4. The molecule has 3 aromatic carbocycles. The van der Waals surface area contributed by atoms with Crippen LogP contribution in [0.15, 0.2) is 104 Å². The molecule has 0 spiro atoms. The number of benzene rings is 3. The van der Waals surface area contributed by atoms with Crippen molar-refractivity contribution >= 4 is 5.97 Å². The molecule has 162 valence electrons. The van der Waals surface area contributed by atoms with Crippen LogP contribution in [-0.4, -0.2) is 38.8 Å². The maximum atomic E-state index is 15.1. The average Bonchev–Trinajstić information content (AvgIpc) is 3.36. The minimum absolute atomic E-state index is 0.0769. The molecule has 0 amide bonds. The number of aliphatic carboxylic acids is 1. The summed E-state index contributed by atoms with van der Waals surface area (Å²) in [6.45, 7) is -0.968. The van der Waals surface area contributed by atoms with E-state index in [9.17, 15) is 9.90 Å². The molecule has 0 fully saturated rings. The SMILES string of the molecule is O=C(O)[C@H](Cc1cnc[nH]1)N(CF)C(c1ccccc1)(c1ccccc1)c1ccccc1. The summed E-state index contributed by atoms with van der Waals surface area (Å²) in [6.07, 6.45) is 3.14. The Bertz CT molecular complexity index is 1020. The highest BCUT2D eigenvalue weighted by molar-refractivity contribution is 5.74. The van der Waals surface area contributed by atoms with Gasteiger partial charge in [0.15, 0.2) is 0 Å². The predicted molar refractivity (Wildman–Crippen MR) is 121 cm³/mol. The number of hydrogen-bond acceptors (Lipinski definition) is 3. The normalized spacial score (nSPS) is 12.6. The van der Waals surface area contributed by atoms with Crippen molar-refractivity contribution in [1.29, 1.82) is 0 Å². The Labute approximate surface area is 186 Å². The zero-order chi connectivity index (χ0) is 22.4. The second-order valence-corrected chi connectivity index (χ2v) is 7.53. The molecule has 4 aromatic rings. The van der Waals surface area contributed by atoms with Gasteiger partial charge in [-0.1, -0.05) is 91.0 Å². The highest BCUT2D eigenvalue weighted by atomic mass is 19.1. The van der Waals surface area contributed by atoms with Gasteiger partial charge in [-0.3, -0.25) is 4.79 Å². The third-order valence-electron chi connectivity index (χ3n) is 5.76. The Balaban J connectivity index is 2.01. The van der Waals surface area contributed by atoms with Gasteiger partial charge in [-0.05, 0) is 16.7 Å². The topological polar surface area (TPSA) is 69.2 Å². The van der Waals surface area contributed by atoms with E-state index in [-0.39, 0.29) is 6.42 Å². The maximum Gasteiger partial charge on any atom is 0.321 e. The third kappa shape index (κ3) is 3.92. The van der Waals surface area contributed by atoms with E-state index in [1.165, 1.54) is 11.2 Å². The molecule has 1 atom stereocenters. The lowest BCUT2D eigenvalue weighted by Gasteiger charge is -2.46. The van der Waals surface area contributed by atoms with Gasteiger partial charge in [0.1, 0.15) is 18.4 Å². The number of halogens is 1. The molecule has 0 bridgehead atoms. The third-order valence-corrected chi connectivity index (χ3v) is 5.76. The standard InChI is InChI=1S/C26H24FN3O2/c27-18-30(24(25(31)32)16-23-17-28-19-29-23)26(20-10-4-1-5-11-20,21-12-6-2-7-13-21)22-14-8-3-9-15-22/h1-15,17,19,24H,16,18H2,(H,28,29)(H,31,32)/t24-/m0/s1. The second kappa shape index (κ2) is 9.58. The molecule has 1 heterocycles. The lowest BCUT2D eigenvalue weighted by Crippen LogP contribution is -2.56. The number of aromatic nitrogens is 2. The van der Waals surface area contributed by atoms with Gasteiger partial charge in [0, 0.05) is 18.3 Å². The van der Waals surface area contributed by atoms with Gasteiger partial charge >= 0.3 is 5.97 Å². The van der Waals surface area contributed by atoms with Crippen LogP contribution in [-0.2, 0) is 16.8 Å². The first-order valence-corrected chi connectivity index (χ1v) is 10.4. The molecule has 0 aliphatic heterocycles. The quantitative estimate of drug-likeness (QED) is 0.301. The van der Waals surface area contributed by atoms with Crippen LogP contribution in [0, 0.1) is 0 Å². The van der Waals surface area contributed by atoms with Crippen molar-refractivity contribution in [2.45, 2.75) is 18.0 Å². The minimum Gasteiger partial charge on any atom is -0.480 e. The van der Waals surface area contributed by atoms with E-state index in [0.717, 1.165) is 16.7 Å². The van der Waals surface area contributed by atoms with Crippen LogP contribution in [0.5, 0.6) is 0 Å². The van der Waals surface area contributed by atoms with Crippen LogP contribution in [0.1, 0.15) is 22.4 Å². The average molecular weight is 429 g/mol. The Morgan fingerprint density at radius 3 is 1.72 bits per heavy atom. The molecular formula is C26H24FN3O2. The van der Waals surface area contributed by atoms with Crippen molar-refractivity contribution in [2.24, 2.45) is 0 Å². The first-order valence-electron chi connectivity index (χ1n) is 10.4. The largest absolute Gasteiger partial charge is 0.480 e. The number of nitrogens with one attached hydrogen (secondary N) is 1. The monoisotopic (exact) mass is 429 g/mol. The zero-order valence-corrected chi connectivity index (χ0v) is 17.4. The Morgan fingerprint density at radius 2 is 1.38 bits per heavy atom. The summed E-state index contributed by atoms with van der Waals surface area (Å²) in [5, 5.41) is 10.2. The summed E-state index contributed by atoms with van der Waals surface area (Å²) < 4.78 is 15.1. The van der Waals surface area contributed by atoms with Crippen molar-refractivity contribution in [1.82, 2.24) is 14.9 Å². The molecule has 0 unspecified atom stereocenters. The maximum absolute atomic E-state index is 15.1. The molecule has 0 radical (unpaired) electrons. The second-order valence-electron chi connectivity index (χ2n) is 7.53. The number of carbonyl (C=O) groups is 1. The van der Waals surface area contributed by atoms with Crippen molar-refractivity contribution in [2.75, 3.05) is 6.80 Å². The summed E-state index contributed by atoms with van der Waals surface area (Å²) in [6, 6.07) is 27.3. The van der Waals surface area contributed by atoms with E-state index >= 15 is 4.39 Å². The number of imidazole rings is 1. The summed E-state index contributed by atoms with van der Waals surface area (Å²) in [7, 11) is 0. The number of carboxylic acids is 1. The molecule has 1 aromatic heterocycles. The van der Waals surface area contributed by atoms with E-state index in [2.05, 4.69) is 9.97 Å². The van der Waals surface area contributed by atoms with E-state index in [1.54, 1.807) is 6.20 Å². The van der Waals surface area contributed by atoms with Gasteiger partial charge in [0.2, 0.25) is 0 Å². The fourth-order valence-electron chi connectivity index (χ4n) is 4.38. The highest BCUT2D eigenvalue weighted by Crippen LogP contribution is 2.43. The Morgan fingerprint density at radius 1 is 0.906 bits per heavy atom. The van der Waals surface area contributed by atoms with Crippen molar-refractivity contribution in [3.8, 4) is 0 Å². The molecule has 4 rings (SSSR count). The Hall–Kier alpha value is -3.77.